The van der Waals surface area contributed by atoms with Gasteiger partial charge in [0.25, 0.3) is 0 Å². The van der Waals surface area contributed by atoms with Crippen LogP contribution in [0.3, 0.4) is 0 Å². The first-order chi connectivity index (χ1) is 10.7. The molecule has 0 aromatic carbocycles. The maximum absolute atomic E-state index is 9.05. The molecule has 1 rings (SSSR count). The second kappa shape index (κ2) is 11.8. The fourth-order valence-corrected chi connectivity index (χ4v) is 2.76. The Morgan fingerprint density at radius 2 is 2.14 bits per heavy atom. The Balaban J connectivity index is 2.84. The van der Waals surface area contributed by atoms with E-state index >= 15 is 0 Å². The van der Waals surface area contributed by atoms with E-state index in [-0.39, 0.29) is 24.7 Å². The summed E-state index contributed by atoms with van der Waals surface area (Å²) in [7, 11) is 1.71. The molecule has 128 valence electrons. The molecular weight excluding hydrogens is 280 g/mol. The van der Waals surface area contributed by atoms with Gasteiger partial charge in [0, 0.05) is 19.6 Å². The molecule has 22 heavy (non-hydrogen) atoms. The molecule has 0 saturated heterocycles. The van der Waals surface area contributed by atoms with E-state index in [1.54, 1.807) is 7.11 Å². The molecule has 0 fully saturated rings. The molecule has 3 unspecified atom stereocenters. The maximum atomic E-state index is 9.05. The summed E-state index contributed by atoms with van der Waals surface area (Å²) >= 11 is 0. The fourth-order valence-electron chi connectivity index (χ4n) is 2.76. The molecule has 0 saturated carbocycles. The summed E-state index contributed by atoms with van der Waals surface area (Å²) in [6.07, 6.45) is 10.8. The molecule has 4 heteroatoms. The molecule has 0 bridgehead atoms. The lowest BCUT2D eigenvalue weighted by molar-refractivity contribution is -0.0616. The van der Waals surface area contributed by atoms with Gasteiger partial charge in [-0.1, -0.05) is 37.1 Å². The van der Waals surface area contributed by atoms with Crippen LogP contribution in [0.5, 0.6) is 0 Å². The largest absolute Gasteiger partial charge is 0.394 e. The van der Waals surface area contributed by atoms with Crippen LogP contribution in [-0.2, 0) is 14.2 Å². The standard InChI is InChI=1S/C18H32O4/c1-15-13-16(2)18(22-12-10-19)17(20-3)9-7-5-4-6-8-11-21-14-15/h7,9,13,16-19H,4-6,8,10-12,14H2,1-3H3. The highest BCUT2D eigenvalue weighted by molar-refractivity contribution is 5.06. The van der Waals surface area contributed by atoms with E-state index in [0.717, 1.165) is 19.4 Å². The third-order valence-corrected chi connectivity index (χ3v) is 3.88. The van der Waals surface area contributed by atoms with Crippen molar-refractivity contribution in [2.45, 2.75) is 51.7 Å². The quantitative estimate of drug-likeness (QED) is 0.810. The minimum absolute atomic E-state index is 0.0230. The SMILES string of the molecule is COC1C=CCCCCCOCC(C)=CC(C)C1OCCO. The summed E-state index contributed by atoms with van der Waals surface area (Å²) in [6, 6.07) is 0. The number of ether oxygens (including phenoxy) is 3. The molecule has 0 aromatic heterocycles. The van der Waals surface area contributed by atoms with Crippen LogP contribution < -0.4 is 0 Å². The molecule has 0 aliphatic carbocycles. The van der Waals surface area contributed by atoms with E-state index in [4.69, 9.17) is 19.3 Å². The number of aliphatic hydroxyl groups excluding tert-OH is 1. The van der Waals surface area contributed by atoms with Crippen LogP contribution in [0.1, 0.15) is 39.5 Å². The molecular formula is C18H32O4. The van der Waals surface area contributed by atoms with Crippen molar-refractivity contribution in [3.63, 3.8) is 0 Å². The van der Waals surface area contributed by atoms with Gasteiger partial charge in [0.15, 0.2) is 0 Å². The van der Waals surface area contributed by atoms with Gasteiger partial charge in [0.1, 0.15) is 6.10 Å². The van der Waals surface area contributed by atoms with Gasteiger partial charge in [0.05, 0.1) is 25.9 Å². The zero-order valence-electron chi connectivity index (χ0n) is 14.3. The third kappa shape index (κ3) is 7.54. The van der Waals surface area contributed by atoms with Crippen molar-refractivity contribution in [3.05, 3.63) is 23.8 Å². The molecule has 0 radical (unpaired) electrons. The van der Waals surface area contributed by atoms with Crippen LogP contribution in [0.15, 0.2) is 23.8 Å². The summed E-state index contributed by atoms with van der Waals surface area (Å²) < 4.78 is 17.2. The Bertz CT molecular complexity index is 338. The zero-order valence-corrected chi connectivity index (χ0v) is 14.3. The highest BCUT2D eigenvalue weighted by atomic mass is 16.5. The van der Waals surface area contributed by atoms with Gasteiger partial charge in [0.2, 0.25) is 0 Å². The number of hydrogen-bond acceptors (Lipinski definition) is 4. The molecule has 1 aliphatic heterocycles. The molecule has 0 amide bonds. The lowest BCUT2D eigenvalue weighted by Crippen LogP contribution is -2.35. The maximum Gasteiger partial charge on any atom is 0.102 e. The molecule has 4 nitrogen and oxygen atoms in total. The van der Waals surface area contributed by atoms with Gasteiger partial charge in [-0.3, -0.25) is 0 Å². The van der Waals surface area contributed by atoms with E-state index in [9.17, 15) is 0 Å². The van der Waals surface area contributed by atoms with Crippen molar-refractivity contribution in [3.8, 4) is 0 Å². The van der Waals surface area contributed by atoms with E-state index in [0.29, 0.717) is 13.2 Å². The Labute approximate surface area is 135 Å². The summed E-state index contributed by atoms with van der Waals surface area (Å²) in [6.45, 7) is 6.06. The minimum atomic E-state index is -0.105. The van der Waals surface area contributed by atoms with Crippen molar-refractivity contribution < 1.29 is 19.3 Å². The Morgan fingerprint density at radius 1 is 1.32 bits per heavy atom. The first kappa shape index (κ1) is 19.4. The van der Waals surface area contributed by atoms with Gasteiger partial charge < -0.3 is 19.3 Å². The van der Waals surface area contributed by atoms with Crippen LogP contribution in [0.2, 0.25) is 0 Å². The van der Waals surface area contributed by atoms with Gasteiger partial charge in [-0.15, -0.1) is 0 Å². The van der Waals surface area contributed by atoms with Crippen LogP contribution in [-0.4, -0.2) is 50.9 Å². The number of hydrogen-bond donors (Lipinski definition) is 1. The number of allylic oxidation sites excluding steroid dienone is 1. The van der Waals surface area contributed by atoms with Gasteiger partial charge >= 0.3 is 0 Å². The zero-order chi connectivity index (χ0) is 16.2. The lowest BCUT2D eigenvalue weighted by atomic mass is 9.96. The first-order valence-electron chi connectivity index (χ1n) is 8.36. The Morgan fingerprint density at radius 3 is 2.86 bits per heavy atom. The second-order valence-electron chi connectivity index (χ2n) is 5.96. The topological polar surface area (TPSA) is 47.9 Å². The van der Waals surface area contributed by atoms with Crippen molar-refractivity contribution in [2.75, 3.05) is 33.5 Å². The van der Waals surface area contributed by atoms with E-state index in [2.05, 4.69) is 32.1 Å². The average molecular weight is 312 g/mol. The smallest absolute Gasteiger partial charge is 0.102 e. The first-order valence-corrected chi connectivity index (χ1v) is 8.36. The molecule has 1 N–H and O–H groups in total. The van der Waals surface area contributed by atoms with Crippen molar-refractivity contribution in [1.29, 1.82) is 0 Å². The van der Waals surface area contributed by atoms with Crippen molar-refractivity contribution >= 4 is 0 Å². The molecule has 1 aliphatic rings. The third-order valence-electron chi connectivity index (χ3n) is 3.88. The van der Waals surface area contributed by atoms with E-state index in [1.807, 2.05) is 0 Å². The summed E-state index contributed by atoms with van der Waals surface area (Å²) in [5.41, 5.74) is 1.21. The lowest BCUT2D eigenvalue weighted by Gasteiger charge is -2.28. The molecule has 0 aromatic rings. The normalized spacial score (nSPS) is 28.9. The number of aliphatic hydroxyl groups is 1. The van der Waals surface area contributed by atoms with Gasteiger partial charge in [-0.25, -0.2) is 0 Å². The summed E-state index contributed by atoms with van der Waals surface area (Å²) in [5.74, 6) is 0.188. The highest BCUT2D eigenvalue weighted by Gasteiger charge is 2.25. The summed E-state index contributed by atoms with van der Waals surface area (Å²) in [4.78, 5) is 0. The molecule has 1 heterocycles. The minimum Gasteiger partial charge on any atom is -0.394 e. The van der Waals surface area contributed by atoms with Gasteiger partial charge in [-0.05, 0) is 26.2 Å². The summed E-state index contributed by atoms with van der Waals surface area (Å²) in [5, 5.41) is 9.05. The average Bonchev–Trinajstić information content (AvgIpc) is 2.50. The second-order valence-corrected chi connectivity index (χ2v) is 5.96. The van der Waals surface area contributed by atoms with Crippen molar-refractivity contribution in [1.82, 2.24) is 0 Å². The number of rotatable bonds is 4. The van der Waals surface area contributed by atoms with Crippen LogP contribution in [0, 0.1) is 5.92 Å². The van der Waals surface area contributed by atoms with Gasteiger partial charge in [-0.2, -0.15) is 0 Å². The van der Waals surface area contributed by atoms with Crippen molar-refractivity contribution in [2.24, 2.45) is 5.92 Å². The highest BCUT2D eigenvalue weighted by Crippen LogP contribution is 2.19. The van der Waals surface area contributed by atoms with E-state index < -0.39 is 0 Å². The molecule has 0 spiro atoms. The molecule has 3 atom stereocenters. The Kier molecular flexibility index (Phi) is 10.4. The van der Waals surface area contributed by atoms with E-state index in [1.165, 1.54) is 18.4 Å². The predicted molar refractivity (Wildman–Crippen MR) is 89.0 cm³/mol. The van der Waals surface area contributed by atoms with Crippen LogP contribution >= 0.6 is 0 Å². The fraction of sp³-hybridized carbons (Fsp3) is 0.778. The van der Waals surface area contributed by atoms with Crippen LogP contribution in [0.25, 0.3) is 0 Å². The Hall–Kier alpha value is -0.680. The monoisotopic (exact) mass is 312 g/mol. The van der Waals surface area contributed by atoms with Crippen LogP contribution in [0.4, 0.5) is 0 Å². The number of methoxy groups -OCH3 is 1. The predicted octanol–water partition coefficient (Wildman–Crippen LogP) is 3.11.